The van der Waals surface area contributed by atoms with Crippen molar-refractivity contribution in [3.8, 4) is 0 Å². The molecule has 2 N–H and O–H groups in total. The number of nitrogens with zero attached hydrogens (tertiary/aromatic N) is 1. The van der Waals surface area contributed by atoms with E-state index in [1.54, 1.807) is 6.92 Å². The molecular weight excluding hydrogens is 232 g/mol. The molecule has 1 heterocycles. The van der Waals surface area contributed by atoms with E-state index in [1.165, 1.54) is 12.8 Å². The van der Waals surface area contributed by atoms with Gasteiger partial charge in [0.15, 0.2) is 0 Å². The standard InChI is InChI=1S/C13H24N2O3/c1-3-11(13(17)18)12(16)14-7-6-10-5-4-8-15(2)9-10/h10-11H,3-9H2,1-2H3,(H,14,16)(H,17,18). The summed E-state index contributed by atoms with van der Waals surface area (Å²) in [7, 11) is 2.11. The fraction of sp³-hybridized carbons (Fsp3) is 0.846. The van der Waals surface area contributed by atoms with Crippen molar-refractivity contribution in [3.05, 3.63) is 0 Å². The number of nitrogens with one attached hydrogen (secondary N) is 1. The first kappa shape index (κ1) is 15.0. The van der Waals surface area contributed by atoms with Gasteiger partial charge in [-0.25, -0.2) is 0 Å². The Labute approximate surface area is 109 Å². The van der Waals surface area contributed by atoms with E-state index in [9.17, 15) is 9.59 Å². The lowest BCUT2D eigenvalue weighted by Crippen LogP contribution is -2.38. The first-order valence-electron chi connectivity index (χ1n) is 6.73. The van der Waals surface area contributed by atoms with Gasteiger partial charge in [0.1, 0.15) is 5.92 Å². The maximum atomic E-state index is 11.6. The lowest BCUT2D eigenvalue weighted by Gasteiger charge is -2.29. The highest BCUT2D eigenvalue weighted by Gasteiger charge is 2.24. The summed E-state index contributed by atoms with van der Waals surface area (Å²) in [6, 6.07) is 0. The lowest BCUT2D eigenvalue weighted by atomic mass is 9.95. The van der Waals surface area contributed by atoms with Crippen molar-refractivity contribution in [1.82, 2.24) is 10.2 Å². The van der Waals surface area contributed by atoms with E-state index in [-0.39, 0.29) is 5.91 Å². The predicted molar refractivity (Wildman–Crippen MR) is 69.3 cm³/mol. The highest BCUT2D eigenvalue weighted by atomic mass is 16.4. The Kier molecular flexibility index (Phi) is 6.12. The highest BCUT2D eigenvalue weighted by Crippen LogP contribution is 2.17. The minimum atomic E-state index is -1.03. The minimum Gasteiger partial charge on any atom is -0.481 e. The largest absolute Gasteiger partial charge is 0.481 e. The van der Waals surface area contributed by atoms with E-state index in [0.717, 1.165) is 19.5 Å². The quantitative estimate of drug-likeness (QED) is 0.694. The van der Waals surface area contributed by atoms with Gasteiger partial charge in [0.25, 0.3) is 0 Å². The molecule has 1 amide bonds. The Balaban J connectivity index is 2.24. The van der Waals surface area contributed by atoms with Crippen LogP contribution >= 0.6 is 0 Å². The average Bonchev–Trinajstić information content (AvgIpc) is 2.29. The van der Waals surface area contributed by atoms with Crippen molar-refractivity contribution in [2.45, 2.75) is 32.6 Å². The highest BCUT2D eigenvalue weighted by molar-refractivity contribution is 5.96. The van der Waals surface area contributed by atoms with E-state index < -0.39 is 11.9 Å². The van der Waals surface area contributed by atoms with Crippen LogP contribution in [0.4, 0.5) is 0 Å². The molecule has 2 unspecified atom stereocenters. The van der Waals surface area contributed by atoms with Gasteiger partial charge in [0.2, 0.25) is 5.91 Å². The summed E-state index contributed by atoms with van der Waals surface area (Å²) in [5.41, 5.74) is 0. The smallest absolute Gasteiger partial charge is 0.316 e. The third-order valence-corrected chi connectivity index (χ3v) is 3.60. The molecule has 2 atom stereocenters. The Hall–Kier alpha value is -1.10. The lowest BCUT2D eigenvalue weighted by molar-refractivity contribution is -0.147. The molecule has 0 aromatic carbocycles. The Morgan fingerprint density at radius 2 is 2.22 bits per heavy atom. The molecule has 0 spiro atoms. The average molecular weight is 256 g/mol. The molecule has 1 saturated heterocycles. The van der Waals surface area contributed by atoms with Gasteiger partial charge in [0.05, 0.1) is 0 Å². The molecule has 1 aliphatic rings. The number of amides is 1. The summed E-state index contributed by atoms with van der Waals surface area (Å²) >= 11 is 0. The molecule has 0 aliphatic carbocycles. The van der Waals surface area contributed by atoms with Crippen molar-refractivity contribution < 1.29 is 14.7 Å². The molecule has 5 heteroatoms. The van der Waals surface area contributed by atoms with Crippen molar-refractivity contribution in [3.63, 3.8) is 0 Å². The number of aliphatic carboxylic acids is 1. The molecule has 0 saturated carbocycles. The van der Waals surface area contributed by atoms with Crippen LogP contribution in [0, 0.1) is 11.8 Å². The van der Waals surface area contributed by atoms with Crippen LogP contribution in [0.1, 0.15) is 32.6 Å². The molecule has 104 valence electrons. The monoisotopic (exact) mass is 256 g/mol. The first-order valence-corrected chi connectivity index (χ1v) is 6.73. The number of carboxylic acids is 1. The van der Waals surface area contributed by atoms with Gasteiger partial charge in [-0.2, -0.15) is 0 Å². The summed E-state index contributed by atoms with van der Waals surface area (Å²) in [5.74, 6) is -1.67. The molecule has 1 aliphatic heterocycles. The molecule has 1 fully saturated rings. The number of carbonyl (C=O) groups is 2. The molecule has 1 rings (SSSR count). The number of piperidine rings is 1. The first-order chi connectivity index (χ1) is 8.54. The van der Waals surface area contributed by atoms with Crippen molar-refractivity contribution in [1.29, 1.82) is 0 Å². The summed E-state index contributed by atoms with van der Waals surface area (Å²) in [4.78, 5) is 24.7. The van der Waals surface area contributed by atoms with Crippen molar-refractivity contribution in [2.75, 3.05) is 26.7 Å². The van der Waals surface area contributed by atoms with E-state index in [2.05, 4.69) is 17.3 Å². The van der Waals surface area contributed by atoms with Gasteiger partial charge in [-0.15, -0.1) is 0 Å². The van der Waals surface area contributed by atoms with Gasteiger partial charge in [-0.3, -0.25) is 9.59 Å². The van der Waals surface area contributed by atoms with E-state index in [0.29, 0.717) is 18.9 Å². The number of rotatable bonds is 6. The zero-order chi connectivity index (χ0) is 13.5. The minimum absolute atomic E-state index is 0.341. The van der Waals surface area contributed by atoms with E-state index in [4.69, 9.17) is 5.11 Å². The van der Waals surface area contributed by atoms with Crippen LogP contribution in [0.2, 0.25) is 0 Å². The van der Waals surface area contributed by atoms with Gasteiger partial charge in [-0.1, -0.05) is 6.92 Å². The summed E-state index contributed by atoms with van der Waals surface area (Å²) < 4.78 is 0. The fourth-order valence-electron chi connectivity index (χ4n) is 2.50. The zero-order valence-electron chi connectivity index (χ0n) is 11.3. The topological polar surface area (TPSA) is 69.6 Å². The van der Waals surface area contributed by atoms with Gasteiger partial charge < -0.3 is 15.3 Å². The van der Waals surface area contributed by atoms with Crippen LogP contribution in [0.3, 0.4) is 0 Å². The normalized spacial score (nSPS) is 22.4. The second-order valence-electron chi connectivity index (χ2n) is 5.15. The number of carboxylic acid groups (broad SMARTS) is 1. The van der Waals surface area contributed by atoms with Crippen LogP contribution < -0.4 is 5.32 Å². The summed E-state index contributed by atoms with van der Waals surface area (Å²) in [6.07, 6.45) is 3.69. The maximum Gasteiger partial charge on any atom is 0.316 e. The van der Waals surface area contributed by atoms with E-state index in [1.807, 2.05) is 0 Å². The van der Waals surface area contributed by atoms with Gasteiger partial charge in [-0.05, 0) is 45.2 Å². The second-order valence-corrected chi connectivity index (χ2v) is 5.15. The predicted octanol–water partition coefficient (Wildman–Crippen LogP) is 0.945. The van der Waals surface area contributed by atoms with Crippen LogP contribution in [0.25, 0.3) is 0 Å². The maximum absolute atomic E-state index is 11.6. The summed E-state index contributed by atoms with van der Waals surface area (Å²) in [5, 5.41) is 11.6. The third kappa shape index (κ3) is 4.64. The van der Waals surface area contributed by atoms with Crippen LogP contribution in [-0.4, -0.2) is 48.6 Å². The molecule has 0 radical (unpaired) electrons. The van der Waals surface area contributed by atoms with Crippen molar-refractivity contribution in [2.24, 2.45) is 11.8 Å². The van der Waals surface area contributed by atoms with Crippen LogP contribution in [0.5, 0.6) is 0 Å². The van der Waals surface area contributed by atoms with Crippen LogP contribution in [0.15, 0.2) is 0 Å². The van der Waals surface area contributed by atoms with Gasteiger partial charge in [0, 0.05) is 13.1 Å². The Morgan fingerprint density at radius 3 is 2.78 bits per heavy atom. The Morgan fingerprint density at radius 1 is 1.50 bits per heavy atom. The second kappa shape index (κ2) is 7.36. The summed E-state index contributed by atoms with van der Waals surface area (Å²) in [6.45, 7) is 4.53. The molecular formula is C13H24N2O3. The SMILES string of the molecule is CCC(C(=O)O)C(=O)NCCC1CCCN(C)C1. The fourth-order valence-corrected chi connectivity index (χ4v) is 2.50. The van der Waals surface area contributed by atoms with Crippen LogP contribution in [-0.2, 0) is 9.59 Å². The van der Waals surface area contributed by atoms with Gasteiger partial charge >= 0.3 is 5.97 Å². The number of carbonyl (C=O) groups excluding carboxylic acids is 1. The van der Waals surface area contributed by atoms with Crippen molar-refractivity contribution >= 4 is 11.9 Å². The zero-order valence-corrected chi connectivity index (χ0v) is 11.3. The molecule has 5 nitrogen and oxygen atoms in total. The van der Waals surface area contributed by atoms with E-state index >= 15 is 0 Å². The molecule has 0 aromatic heterocycles. The number of likely N-dealkylation sites (tertiary alicyclic amines) is 1. The third-order valence-electron chi connectivity index (χ3n) is 3.60. The molecule has 0 aromatic rings. The number of hydrogen-bond acceptors (Lipinski definition) is 3. The Bertz CT molecular complexity index is 294. The molecule has 0 bridgehead atoms. The molecule has 18 heavy (non-hydrogen) atoms. The number of hydrogen-bond donors (Lipinski definition) is 2.